The lowest BCUT2D eigenvalue weighted by atomic mass is 10.1. The number of benzene rings is 2. The Labute approximate surface area is 188 Å². The van der Waals surface area contributed by atoms with Crippen molar-refractivity contribution in [2.45, 2.75) is 20.4 Å². The van der Waals surface area contributed by atoms with Crippen molar-refractivity contribution in [3.8, 4) is 23.6 Å². The van der Waals surface area contributed by atoms with E-state index in [-0.39, 0.29) is 12.5 Å². The number of methoxy groups -OCH3 is 1. The monoisotopic (exact) mass is 427 g/mol. The van der Waals surface area contributed by atoms with Crippen molar-refractivity contribution in [1.29, 1.82) is 10.5 Å². The van der Waals surface area contributed by atoms with Gasteiger partial charge in [0.25, 0.3) is 0 Å². The number of carbonyl (C=O) groups is 1. The van der Waals surface area contributed by atoms with Crippen LogP contribution in [0.3, 0.4) is 0 Å². The molecule has 0 aliphatic heterocycles. The summed E-state index contributed by atoms with van der Waals surface area (Å²) in [5.74, 6) is 0.953. The second kappa shape index (κ2) is 9.82. The summed E-state index contributed by atoms with van der Waals surface area (Å²) < 4.78 is 7.11. The van der Waals surface area contributed by atoms with E-state index in [1.165, 1.54) is 0 Å². The van der Waals surface area contributed by atoms with Crippen LogP contribution in [0.4, 0.5) is 5.82 Å². The molecule has 0 saturated heterocycles. The highest BCUT2D eigenvalue weighted by molar-refractivity contribution is 5.93. The minimum absolute atomic E-state index is 0.132. The van der Waals surface area contributed by atoms with Gasteiger partial charge in [0.2, 0.25) is 5.91 Å². The molecule has 0 bridgehead atoms. The first-order chi connectivity index (χ1) is 15.4. The molecule has 1 amide bonds. The number of ether oxygens (including phenoxy) is 1. The number of rotatable bonds is 7. The lowest BCUT2D eigenvalue weighted by Gasteiger charge is -2.18. The Morgan fingerprint density at radius 3 is 2.47 bits per heavy atom. The number of carbonyl (C=O) groups excluding carboxylic acids is 1. The Kier molecular flexibility index (Phi) is 6.94. The van der Waals surface area contributed by atoms with Crippen molar-refractivity contribution in [1.82, 2.24) is 9.47 Å². The second-order valence-electron chi connectivity index (χ2n) is 7.61. The number of hydrogen-bond acceptors (Lipinski definition) is 5. The molecule has 0 aliphatic rings. The number of nitrogens with zero attached hydrogens (tertiary/aromatic N) is 4. The van der Waals surface area contributed by atoms with Gasteiger partial charge in [-0.3, -0.25) is 14.3 Å². The van der Waals surface area contributed by atoms with Crippen LogP contribution >= 0.6 is 0 Å². The molecule has 1 heterocycles. The quantitative estimate of drug-likeness (QED) is 0.617. The van der Waals surface area contributed by atoms with Crippen LogP contribution in [-0.4, -0.2) is 36.1 Å². The molecular weight excluding hydrogens is 402 g/mol. The number of amides is 1. The van der Waals surface area contributed by atoms with Crippen molar-refractivity contribution >= 4 is 11.7 Å². The summed E-state index contributed by atoms with van der Waals surface area (Å²) in [7, 11) is 3.44. The van der Waals surface area contributed by atoms with E-state index in [2.05, 4.69) is 17.5 Å². The largest absolute Gasteiger partial charge is 0.497 e. The maximum atomic E-state index is 12.9. The van der Waals surface area contributed by atoms with E-state index in [1.54, 1.807) is 13.2 Å². The molecule has 1 aromatic heterocycles. The fourth-order valence-electron chi connectivity index (χ4n) is 3.64. The molecule has 0 aliphatic carbocycles. The van der Waals surface area contributed by atoms with Crippen LogP contribution in [0.5, 0.6) is 5.75 Å². The first-order valence-electron chi connectivity index (χ1n) is 10.1. The Morgan fingerprint density at radius 2 is 1.84 bits per heavy atom. The molecule has 32 heavy (non-hydrogen) atoms. The van der Waals surface area contributed by atoms with Crippen molar-refractivity contribution in [2.24, 2.45) is 0 Å². The van der Waals surface area contributed by atoms with Crippen LogP contribution in [0.15, 0.2) is 48.5 Å². The number of nitrogens with one attached hydrogen (secondary N) is 1. The van der Waals surface area contributed by atoms with Crippen molar-refractivity contribution in [2.75, 3.05) is 26.0 Å². The van der Waals surface area contributed by atoms with Gasteiger partial charge in [0.15, 0.2) is 0 Å². The smallest absolute Gasteiger partial charge is 0.239 e. The van der Waals surface area contributed by atoms with Crippen LogP contribution in [-0.2, 0) is 11.3 Å². The predicted molar refractivity (Wildman–Crippen MR) is 123 cm³/mol. The molecule has 3 aromatic rings. The Hall–Kier alpha value is -4.07. The van der Waals surface area contributed by atoms with Crippen molar-refractivity contribution < 1.29 is 9.53 Å². The average molecular weight is 428 g/mol. The Bertz CT molecular complexity index is 1210. The molecule has 0 saturated carbocycles. The van der Waals surface area contributed by atoms with Gasteiger partial charge in [-0.25, -0.2) is 0 Å². The Morgan fingerprint density at radius 1 is 1.12 bits per heavy atom. The van der Waals surface area contributed by atoms with Crippen LogP contribution < -0.4 is 10.1 Å². The van der Waals surface area contributed by atoms with Gasteiger partial charge in [-0.2, -0.15) is 10.5 Å². The van der Waals surface area contributed by atoms with E-state index in [0.29, 0.717) is 23.5 Å². The van der Waals surface area contributed by atoms with Gasteiger partial charge in [-0.05, 0) is 68.4 Å². The maximum Gasteiger partial charge on any atom is 0.239 e. The maximum absolute atomic E-state index is 12.9. The summed E-state index contributed by atoms with van der Waals surface area (Å²) >= 11 is 0. The number of aromatic nitrogens is 1. The van der Waals surface area contributed by atoms with Gasteiger partial charge in [0.1, 0.15) is 17.6 Å². The van der Waals surface area contributed by atoms with Gasteiger partial charge in [-0.15, -0.1) is 0 Å². The van der Waals surface area contributed by atoms with Gasteiger partial charge in [-0.1, -0.05) is 12.1 Å². The summed E-state index contributed by atoms with van der Waals surface area (Å²) in [5.41, 5.74) is 4.50. The predicted octanol–water partition coefficient (Wildman–Crippen LogP) is 3.92. The van der Waals surface area contributed by atoms with E-state index >= 15 is 0 Å². The molecule has 0 fully saturated rings. The molecule has 3 rings (SSSR count). The van der Waals surface area contributed by atoms with Gasteiger partial charge in [0.05, 0.1) is 30.9 Å². The van der Waals surface area contributed by atoms with Gasteiger partial charge >= 0.3 is 0 Å². The first-order valence-corrected chi connectivity index (χ1v) is 10.1. The van der Waals surface area contributed by atoms with E-state index in [0.717, 1.165) is 28.3 Å². The third-order valence-electron chi connectivity index (χ3n) is 5.34. The summed E-state index contributed by atoms with van der Waals surface area (Å²) in [6.45, 7) is 4.45. The molecule has 0 atom stereocenters. The van der Waals surface area contributed by atoms with E-state index < -0.39 is 0 Å². The highest BCUT2D eigenvalue weighted by Gasteiger charge is 2.21. The standard InChI is InChI=1S/C25H25N5O2/c1-17-18(2)30(21-8-10-22(32-4)11-9-21)25(23(17)14-27)28-24(31)16-29(3)15-20-7-5-6-19(12-20)13-26/h5-12H,15-16H2,1-4H3,(H,28,31). The highest BCUT2D eigenvalue weighted by atomic mass is 16.5. The van der Waals surface area contributed by atoms with Crippen molar-refractivity contribution in [3.63, 3.8) is 0 Å². The van der Waals surface area contributed by atoms with E-state index in [4.69, 9.17) is 10.00 Å². The topological polar surface area (TPSA) is 94.1 Å². The van der Waals surface area contributed by atoms with Crippen LogP contribution in [0.25, 0.3) is 5.69 Å². The number of hydrogen-bond donors (Lipinski definition) is 1. The molecule has 7 heteroatoms. The molecule has 7 nitrogen and oxygen atoms in total. The zero-order valence-corrected chi connectivity index (χ0v) is 18.6. The number of nitriles is 2. The number of anilines is 1. The summed E-state index contributed by atoms with van der Waals surface area (Å²) in [6, 6.07) is 19.1. The normalized spacial score (nSPS) is 10.5. The minimum Gasteiger partial charge on any atom is -0.497 e. The fourth-order valence-corrected chi connectivity index (χ4v) is 3.64. The van der Waals surface area contributed by atoms with Gasteiger partial charge in [0, 0.05) is 17.9 Å². The van der Waals surface area contributed by atoms with Crippen molar-refractivity contribution in [3.05, 3.63) is 76.5 Å². The van der Waals surface area contributed by atoms with Crippen LogP contribution in [0.2, 0.25) is 0 Å². The summed E-state index contributed by atoms with van der Waals surface area (Å²) in [4.78, 5) is 14.7. The summed E-state index contributed by atoms with van der Waals surface area (Å²) in [5, 5.41) is 21.7. The van der Waals surface area contributed by atoms with E-state index in [1.807, 2.05) is 72.8 Å². The summed E-state index contributed by atoms with van der Waals surface area (Å²) in [6.07, 6.45) is 0. The van der Waals surface area contributed by atoms with Gasteiger partial charge < -0.3 is 10.1 Å². The molecule has 1 N–H and O–H groups in total. The SMILES string of the molecule is COc1ccc(-n2c(C)c(C)c(C#N)c2NC(=O)CN(C)Cc2cccc(C#N)c2)cc1. The average Bonchev–Trinajstić information content (AvgIpc) is 3.02. The molecule has 0 radical (unpaired) electrons. The third kappa shape index (κ3) is 4.80. The molecule has 0 unspecified atom stereocenters. The molecular formula is C25H25N5O2. The Balaban J connectivity index is 1.82. The zero-order valence-electron chi connectivity index (χ0n) is 18.6. The van der Waals surface area contributed by atoms with E-state index in [9.17, 15) is 10.1 Å². The fraction of sp³-hybridized carbons (Fsp3) is 0.240. The van der Waals surface area contributed by atoms with Crippen LogP contribution in [0, 0.1) is 36.5 Å². The second-order valence-corrected chi connectivity index (χ2v) is 7.61. The minimum atomic E-state index is -0.229. The zero-order chi connectivity index (χ0) is 23.3. The lowest BCUT2D eigenvalue weighted by molar-refractivity contribution is -0.117. The highest BCUT2D eigenvalue weighted by Crippen LogP contribution is 2.30. The molecule has 162 valence electrons. The first kappa shape index (κ1) is 22.6. The van der Waals surface area contributed by atoms with Crippen LogP contribution in [0.1, 0.15) is 27.9 Å². The lowest BCUT2D eigenvalue weighted by Crippen LogP contribution is -2.30. The third-order valence-corrected chi connectivity index (χ3v) is 5.34. The molecule has 2 aromatic carbocycles. The number of likely N-dealkylation sites (N-methyl/N-ethyl adjacent to an activating group) is 1. The molecule has 0 spiro atoms.